The standard InChI is InChI=1S/C13H21N3O/c1-9-6-11(14)8-16-13(9)15-7-10-4-2-3-5-12(10)17/h6,8,10,12,17H,2-5,7,14H2,1H3,(H,15,16). The lowest BCUT2D eigenvalue weighted by molar-refractivity contribution is 0.0763. The van der Waals surface area contributed by atoms with Crippen LogP contribution in [0.3, 0.4) is 0 Å². The Morgan fingerprint density at radius 2 is 2.24 bits per heavy atom. The molecule has 4 heteroatoms. The monoisotopic (exact) mass is 235 g/mol. The van der Waals surface area contributed by atoms with Crippen LogP contribution in [-0.2, 0) is 0 Å². The molecule has 0 spiro atoms. The molecule has 0 radical (unpaired) electrons. The molecule has 1 aliphatic carbocycles. The molecule has 4 N–H and O–H groups in total. The summed E-state index contributed by atoms with van der Waals surface area (Å²) in [6, 6.07) is 1.91. The first kappa shape index (κ1) is 12.2. The quantitative estimate of drug-likeness (QED) is 0.748. The van der Waals surface area contributed by atoms with Crippen molar-refractivity contribution >= 4 is 11.5 Å². The van der Waals surface area contributed by atoms with E-state index in [1.54, 1.807) is 6.20 Å². The average Bonchev–Trinajstić information content (AvgIpc) is 2.30. The van der Waals surface area contributed by atoms with Crippen molar-refractivity contribution in [2.75, 3.05) is 17.6 Å². The van der Waals surface area contributed by atoms with Crippen molar-refractivity contribution in [3.8, 4) is 0 Å². The molecule has 0 aliphatic heterocycles. The molecule has 1 fully saturated rings. The number of aliphatic hydroxyl groups is 1. The van der Waals surface area contributed by atoms with Crippen molar-refractivity contribution in [3.05, 3.63) is 17.8 Å². The number of aliphatic hydroxyl groups excluding tert-OH is 1. The van der Waals surface area contributed by atoms with Gasteiger partial charge in [-0.3, -0.25) is 0 Å². The molecule has 1 heterocycles. The molecule has 1 aliphatic rings. The normalized spacial score (nSPS) is 24.6. The Morgan fingerprint density at radius 1 is 1.47 bits per heavy atom. The van der Waals surface area contributed by atoms with Gasteiger partial charge in [0.25, 0.3) is 0 Å². The van der Waals surface area contributed by atoms with E-state index in [0.717, 1.165) is 37.2 Å². The van der Waals surface area contributed by atoms with Crippen LogP contribution in [0, 0.1) is 12.8 Å². The smallest absolute Gasteiger partial charge is 0.129 e. The highest BCUT2D eigenvalue weighted by molar-refractivity contribution is 5.50. The van der Waals surface area contributed by atoms with E-state index in [9.17, 15) is 5.11 Å². The van der Waals surface area contributed by atoms with Gasteiger partial charge in [0, 0.05) is 12.5 Å². The highest BCUT2D eigenvalue weighted by Gasteiger charge is 2.22. The van der Waals surface area contributed by atoms with E-state index in [4.69, 9.17) is 5.73 Å². The second-order valence-electron chi connectivity index (χ2n) is 4.93. The van der Waals surface area contributed by atoms with E-state index in [-0.39, 0.29) is 6.10 Å². The van der Waals surface area contributed by atoms with Gasteiger partial charge < -0.3 is 16.2 Å². The first-order valence-electron chi connectivity index (χ1n) is 6.31. The number of hydrogen-bond acceptors (Lipinski definition) is 4. The zero-order valence-corrected chi connectivity index (χ0v) is 10.3. The number of aryl methyl sites for hydroxylation is 1. The number of pyridine rings is 1. The number of nitrogens with two attached hydrogens (primary N) is 1. The van der Waals surface area contributed by atoms with Gasteiger partial charge in [-0.05, 0) is 31.4 Å². The summed E-state index contributed by atoms with van der Waals surface area (Å²) >= 11 is 0. The average molecular weight is 235 g/mol. The van der Waals surface area contributed by atoms with Crippen molar-refractivity contribution in [2.45, 2.75) is 38.7 Å². The summed E-state index contributed by atoms with van der Waals surface area (Å²) < 4.78 is 0. The molecule has 0 bridgehead atoms. The van der Waals surface area contributed by atoms with Crippen LogP contribution in [0.2, 0.25) is 0 Å². The maximum atomic E-state index is 9.88. The highest BCUT2D eigenvalue weighted by Crippen LogP contribution is 2.25. The third kappa shape index (κ3) is 3.09. The van der Waals surface area contributed by atoms with Crippen molar-refractivity contribution < 1.29 is 5.11 Å². The molecule has 2 unspecified atom stereocenters. The van der Waals surface area contributed by atoms with Crippen LogP contribution in [0.5, 0.6) is 0 Å². The van der Waals surface area contributed by atoms with Gasteiger partial charge >= 0.3 is 0 Å². The molecule has 17 heavy (non-hydrogen) atoms. The van der Waals surface area contributed by atoms with E-state index >= 15 is 0 Å². The molecule has 4 nitrogen and oxygen atoms in total. The van der Waals surface area contributed by atoms with Crippen LogP contribution in [0.1, 0.15) is 31.2 Å². The van der Waals surface area contributed by atoms with Gasteiger partial charge in [0.2, 0.25) is 0 Å². The molecule has 0 amide bonds. The molecular weight excluding hydrogens is 214 g/mol. The van der Waals surface area contributed by atoms with Crippen LogP contribution in [0.15, 0.2) is 12.3 Å². The van der Waals surface area contributed by atoms with Crippen LogP contribution in [0.4, 0.5) is 11.5 Å². The lowest BCUT2D eigenvalue weighted by Crippen LogP contribution is -2.30. The van der Waals surface area contributed by atoms with Crippen molar-refractivity contribution in [3.63, 3.8) is 0 Å². The first-order valence-corrected chi connectivity index (χ1v) is 6.31. The van der Waals surface area contributed by atoms with Crippen LogP contribution >= 0.6 is 0 Å². The molecule has 0 saturated heterocycles. The zero-order valence-electron chi connectivity index (χ0n) is 10.3. The molecule has 0 aromatic carbocycles. The summed E-state index contributed by atoms with van der Waals surface area (Å²) in [6.45, 7) is 2.78. The summed E-state index contributed by atoms with van der Waals surface area (Å²) in [7, 11) is 0. The predicted molar refractivity (Wildman–Crippen MR) is 69.8 cm³/mol. The van der Waals surface area contributed by atoms with Gasteiger partial charge in [-0.2, -0.15) is 0 Å². The summed E-state index contributed by atoms with van der Waals surface area (Å²) in [5, 5.41) is 13.2. The minimum Gasteiger partial charge on any atom is -0.397 e. The number of hydrogen-bond donors (Lipinski definition) is 3. The zero-order chi connectivity index (χ0) is 12.3. The molecule has 2 rings (SSSR count). The molecular formula is C13H21N3O. The fourth-order valence-corrected chi connectivity index (χ4v) is 2.44. The maximum Gasteiger partial charge on any atom is 0.129 e. The lowest BCUT2D eigenvalue weighted by atomic mass is 9.86. The molecule has 2 atom stereocenters. The fraction of sp³-hybridized carbons (Fsp3) is 0.615. The number of nitrogens with one attached hydrogen (secondary N) is 1. The molecule has 1 aromatic heterocycles. The minimum atomic E-state index is -0.162. The minimum absolute atomic E-state index is 0.162. The Labute approximate surface area is 102 Å². The van der Waals surface area contributed by atoms with Gasteiger partial charge in [0.05, 0.1) is 18.0 Å². The van der Waals surface area contributed by atoms with E-state index in [1.807, 2.05) is 13.0 Å². The number of nitrogens with zero attached hydrogens (tertiary/aromatic N) is 1. The van der Waals surface area contributed by atoms with Gasteiger partial charge in [-0.1, -0.05) is 12.8 Å². The van der Waals surface area contributed by atoms with Crippen molar-refractivity contribution in [1.29, 1.82) is 0 Å². The van der Waals surface area contributed by atoms with Gasteiger partial charge in [0.15, 0.2) is 0 Å². The lowest BCUT2D eigenvalue weighted by Gasteiger charge is -2.28. The topological polar surface area (TPSA) is 71.2 Å². The fourth-order valence-electron chi connectivity index (χ4n) is 2.44. The van der Waals surface area contributed by atoms with E-state index < -0.39 is 0 Å². The summed E-state index contributed by atoms with van der Waals surface area (Å²) in [5.74, 6) is 1.22. The van der Waals surface area contributed by atoms with Crippen LogP contribution in [0.25, 0.3) is 0 Å². The number of aromatic nitrogens is 1. The van der Waals surface area contributed by atoms with E-state index in [2.05, 4.69) is 10.3 Å². The summed E-state index contributed by atoms with van der Waals surface area (Å²) in [5.41, 5.74) is 7.40. The van der Waals surface area contributed by atoms with Gasteiger partial charge in [-0.25, -0.2) is 4.98 Å². The molecule has 1 aromatic rings. The Balaban J connectivity index is 1.92. The number of rotatable bonds is 3. The first-order chi connectivity index (χ1) is 8.16. The number of nitrogen functional groups attached to an aromatic ring is 1. The van der Waals surface area contributed by atoms with Gasteiger partial charge in [-0.15, -0.1) is 0 Å². The maximum absolute atomic E-state index is 9.88. The van der Waals surface area contributed by atoms with Crippen LogP contribution < -0.4 is 11.1 Å². The molecule has 1 saturated carbocycles. The SMILES string of the molecule is Cc1cc(N)cnc1NCC1CCCCC1O. The van der Waals surface area contributed by atoms with Gasteiger partial charge in [0.1, 0.15) is 5.82 Å². The number of anilines is 2. The Morgan fingerprint density at radius 3 is 2.94 bits per heavy atom. The van der Waals surface area contributed by atoms with Crippen molar-refractivity contribution in [1.82, 2.24) is 4.98 Å². The summed E-state index contributed by atoms with van der Waals surface area (Å²) in [6.07, 6.45) is 5.90. The predicted octanol–water partition coefficient (Wildman–Crippen LogP) is 1.94. The summed E-state index contributed by atoms with van der Waals surface area (Å²) in [4.78, 5) is 4.27. The van der Waals surface area contributed by atoms with Crippen molar-refractivity contribution in [2.24, 2.45) is 5.92 Å². The van der Waals surface area contributed by atoms with E-state index in [0.29, 0.717) is 11.6 Å². The Kier molecular flexibility index (Phi) is 3.84. The van der Waals surface area contributed by atoms with Crippen LogP contribution in [-0.4, -0.2) is 22.7 Å². The Hall–Kier alpha value is -1.29. The van der Waals surface area contributed by atoms with E-state index in [1.165, 1.54) is 6.42 Å². The highest BCUT2D eigenvalue weighted by atomic mass is 16.3. The largest absolute Gasteiger partial charge is 0.397 e. The Bertz CT molecular complexity index is 381. The third-order valence-corrected chi connectivity index (χ3v) is 3.50. The third-order valence-electron chi connectivity index (χ3n) is 3.50. The second kappa shape index (κ2) is 5.36. The second-order valence-corrected chi connectivity index (χ2v) is 4.93. The molecule has 94 valence electrons.